The zero-order valence-corrected chi connectivity index (χ0v) is 12.2. The van der Waals surface area contributed by atoms with Crippen LogP contribution in [0.1, 0.15) is 36.1 Å². The van der Waals surface area contributed by atoms with E-state index in [-0.39, 0.29) is 6.61 Å². The second-order valence-electron chi connectivity index (χ2n) is 4.65. The minimum atomic E-state index is -3.43. The summed E-state index contributed by atoms with van der Waals surface area (Å²) in [7, 11) is -3.43. The van der Waals surface area contributed by atoms with Crippen molar-refractivity contribution in [3.8, 4) is 0 Å². The minimum absolute atomic E-state index is 0.207. The number of aliphatic hydroxyl groups is 1. The Morgan fingerprint density at radius 1 is 1.28 bits per heavy atom. The van der Waals surface area contributed by atoms with Crippen LogP contribution >= 0.6 is 11.3 Å². The highest BCUT2D eigenvalue weighted by Gasteiger charge is 2.29. The van der Waals surface area contributed by atoms with Gasteiger partial charge in [-0.2, -0.15) is 4.31 Å². The predicted octanol–water partition coefficient (Wildman–Crippen LogP) is 2.11. The standard InChI is InChI=1S/C12H19NO3S2/c1-10-9-17-11(8-14)12(10)18(15,16)13-6-4-2-3-5-7-13/h9,14H,2-8H2,1H3. The Balaban J connectivity index is 2.37. The molecule has 0 atom stereocenters. The molecule has 0 unspecified atom stereocenters. The fraction of sp³-hybridized carbons (Fsp3) is 0.667. The van der Waals surface area contributed by atoms with E-state index >= 15 is 0 Å². The molecule has 0 bridgehead atoms. The van der Waals surface area contributed by atoms with E-state index in [9.17, 15) is 13.5 Å². The topological polar surface area (TPSA) is 57.6 Å². The maximum atomic E-state index is 12.6. The third-order valence-corrected chi connectivity index (χ3v) is 6.64. The normalized spacial score (nSPS) is 18.8. The Labute approximate surface area is 112 Å². The smallest absolute Gasteiger partial charge is 0.244 e. The number of hydrogen-bond acceptors (Lipinski definition) is 4. The molecular weight excluding hydrogens is 270 g/mol. The number of sulfonamides is 1. The number of rotatable bonds is 3. The third-order valence-electron chi connectivity index (χ3n) is 3.30. The van der Waals surface area contributed by atoms with Gasteiger partial charge in [-0.05, 0) is 30.7 Å². The fourth-order valence-electron chi connectivity index (χ4n) is 2.35. The Kier molecular flexibility index (Phi) is 4.42. The van der Waals surface area contributed by atoms with E-state index in [2.05, 4.69) is 0 Å². The SMILES string of the molecule is Cc1csc(CO)c1S(=O)(=O)N1CCCCCC1. The van der Waals surface area contributed by atoms with E-state index < -0.39 is 10.0 Å². The molecule has 0 aliphatic carbocycles. The van der Waals surface area contributed by atoms with Gasteiger partial charge in [-0.1, -0.05) is 12.8 Å². The van der Waals surface area contributed by atoms with Crippen molar-refractivity contribution >= 4 is 21.4 Å². The van der Waals surface area contributed by atoms with Crippen LogP contribution in [0.25, 0.3) is 0 Å². The number of aliphatic hydroxyl groups excluding tert-OH is 1. The highest BCUT2D eigenvalue weighted by atomic mass is 32.2. The lowest BCUT2D eigenvalue weighted by molar-refractivity contribution is 0.282. The summed E-state index contributed by atoms with van der Waals surface area (Å²) < 4.78 is 26.8. The molecular formula is C12H19NO3S2. The van der Waals surface area contributed by atoms with E-state index in [1.54, 1.807) is 16.6 Å². The molecule has 1 fully saturated rings. The molecule has 1 N–H and O–H groups in total. The molecule has 1 aliphatic heterocycles. The minimum Gasteiger partial charge on any atom is -0.391 e. The van der Waals surface area contributed by atoms with Crippen LogP contribution in [0.15, 0.2) is 10.3 Å². The monoisotopic (exact) mass is 289 g/mol. The maximum Gasteiger partial charge on any atom is 0.244 e. The predicted molar refractivity (Wildman–Crippen MR) is 72.2 cm³/mol. The Morgan fingerprint density at radius 2 is 1.89 bits per heavy atom. The van der Waals surface area contributed by atoms with Crippen molar-refractivity contribution in [2.24, 2.45) is 0 Å². The van der Waals surface area contributed by atoms with Crippen molar-refractivity contribution in [2.45, 2.75) is 44.1 Å². The van der Waals surface area contributed by atoms with E-state index in [1.165, 1.54) is 11.3 Å². The maximum absolute atomic E-state index is 12.6. The van der Waals surface area contributed by atoms with Crippen LogP contribution in [0.5, 0.6) is 0 Å². The van der Waals surface area contributed by atoms with Crippen molar-refractivity contribution < 1.29 is 13.5 Å². The summed E-state index contributed by atoms with van der Waals surface area (Å²) in [5.74, 6) is 0. The first kappa shape index (κ1) is 14.0. The van der Waals surface area contributed by atoms with Gasteiger partial charge in [0.1, 0.15) is 4.90 Å². The molecule has 4 nitrogen and oxygen atoms in total. The van der Waals surface area contributed by atoms with Gasteiger partial charge in [0.15, 0.2) is 0 Å². The van der Waals surface area contributed by atoms with Crippen LogP contribution in [0.3, 0.4) is 0 Å². The molecule has 102 valence electrons. The summed E-state index contributed by atoms with van der Waals surface area (Å²) >= 11 is 1.32. The summed E-state index contributed by atoms with van der Waals surface area (Å²) in [4.78, 5) is 0.883. The quantitative estimate of drug-likeness (QED) is 0.927. The molecule has 0 saturated carbocycles. The molecule has 6 heteroatoms. The van der Waals surface area contributed by atoms with E-state index in [0.717, 1.165) is 31.2 Å². The Bertz CT molecular complexity index is 499. The van der Waals surface area contributed by atoms with Gasteiger partial charge in [-0.3, -0.25) is 0 Å². The first-order valence-electron chi connectivity index (χ1n) is 6.25. The van der Waals surface area contributed by atoms with Crippen LogP contribution in [0, 0.1) is 6.92 Å². The highest BCUT2D eigenvalue weighted by Crippen LogP contribution is 2.30. The average Bonchev–Trinajstić information content (AvgIpc) is 2.56. The molecule has 2 heterocycles. The fourth-order valence-corrected chi connectivity index (χ4v) is 5.48. The lowest BCUT2D eigenvalue weighted by Crippen LogP contribution is -2.32. The average molecular weight is 289 g/mol. The van der Waals surface area contributed by atoms with Gasteiger partial charge in [0, 0.05) is 13.1 Å². The van der Waals surface area contributed by atoms with Crippen molar-refractivity contribution in [1.29, 1.82) is 0 Å². The molecule has 1 aromatic heterocycles. The van der Waals surface area contributed by atoms with E-state index in [0.29, 0.717) is 22.9 Å². The molecule has 2 rings (SSSR count). The van der Waals surface area contributed by atoms with Crippen molar-refractivity contribution in [3.05, 3.63) is 15.8 Å². The number of thiophene rings is 1. The van der Waals surface area contributed by atoms with Gasteiger partial charge in [0.25, 0.3) is 0 Å². The lowest BCUT2D eigenvalue weighted by atomic mass is 10.2. The van der Waals surface area contributed by atoms with Crippen molar-refractivity contribution in [1.82, 2.24) is 4.31 Å². The van der Waals surface area contributed by atoms with Crippen LogP contribution in [-0.4, -0.2) is 30.9 Å². The lowest BCUT2D eigenvalue weighted by Gasteiger charge is -2.20. The van der Waals surface area contributed by atoms with Gasteiger partial charge >= 0.3 is 0 Å². The van der Waals surface area contributed by atoms with Crippen LogP contribution < -0.4 is 0 Å². The van der Waals surface area contributed by atoms with Crippen LogP contribution in [0.2, 0.25) is 0 Å². The van der Waals surface area contributed by atoms with Crippen LogP contribution in [0.4, 0.5) is 0 Å². The van der Waals surface area contributed by atoms with Crippen LogP contribution in [-0.2, 0) is 16.6 Å². The zero-order valence-electron chi connectivity index (χ0n) is 10.6. The second-order valence-corrected chi connectivity index (χ2v) is 7.49. The molecule has 1 aliphatic rings. The van der Waals surface area contributed by atoms with Crippen molar-refractivity contribution in [3.63, 3.8) is 0 Å². The summed E-state index contributed by atoms with van der Waals surface area (Å²) in [6.45, 7) is 2.78. The van der Waals surface area contributed by atoms with Crippen molar-refractivity contribution in [2.75, 3.05) is 13.1 Å². The van der Waals surface area contributed by atoms with Gasteiger partial charge in [-0.25, -0.2) is 8.42 Å². The van der Waals surface area contributed by atoms with E-state index in [4.69, 9.17) is 0 Å². The first-order valence-corrected chi connectivity index (χ1v) is 8.57. The molecule has 0 spiro atoms. The largest absolute Gasteiger partial charge is 0.391 e. The highest BCUT2D eigenvalue weighted by molar-refractivity contribution is 7.89. The first-order chi connectivity index (χ1) is 8.57. The Hall–Kier alpha value is -0.430. The number of nitrogens with zero attached hydrogens (tertiary/aromatic N) is 1. The molecule has 0 radical (unpaired) electrons. The third kappa shape index (κ3) is 2.61. The molecule has 18 heavy (non-hydrogen) atoms. The van der Waals surface area contributed by atoms with Gasteiger partial charge in [-0.15, -0.1) is 11.3 Å². The van der Waals surface area contributed by atoms with Gasteiger partial charge < -0.3 is 5.11 Å². The van der Waals surface area contributed by atoms with Gasteiger partial charge in [0.05, 0.1) is 11.5 Å². The molecule has 1 saturated heterocycles. The summed E-state index contributed by atoms with van der Waals surface area (Å²) in [5, 5.41) is 11.1. The summed E-state index contributed by atoms with van der Waals surface area (Å²) in [5.41, 5.74) is 0.744. The summed E-state index contributed by atoms with van der Waals surface area (Å²) in [6.07, 6.45) is 4.05. The molecule has 0 aromatic carbocycles. The zero-order chi connectivity index (χ0) is 13.2. The number of aryl methyl sites for hydroxylation is 1. The summed E-state index contributed by atoms with van der Waals surface area (Å²) in [6, 6.07) is 0. The van der Waals surface area contributed by atoms with Gasteiger partial charge in [0.2, 0.25) is 10.0 Å². The number of hydrogen-bond donors (Lipinski definition) is 1. The second kappa shape index (κ2) is 5.69. The Morgan fingerprint density at radius 3 is 2.44 bits per heavy atom. The molecule has 1 aromatic rings. The van der Waals surface area contributed by atoms with E-state index in [1.807, 2.05) is 0 Å². The molecule has 0 amide bonds.